The van der Waals surface area contributed by atoms with Crippen molar-refractivity contribution in [1.82, 2.24) is 5.32 Å². The molecular weight excluding hydrogens is 117 g/mol. The Labute approximate surface area is 55.6 Å². The van der Waals surface area contributed by atoms with Crippen LogP contribution >= 0.6 is 0 Å². The Kier molecular flexibility index (Phi) is 2.06. The van der Waals surface area contributed by atoms with Crippen LogP contribution in [0.25, 0.3) is 0 Å². The number of hydrogen-bond acceptors (Lipinski definition) is 1. The Morgan fingerprint density at radius 2 is 2.33 bits per heavy atom. The lowest BCUT2D eigenvalue weighted by Gasteiger charge is -2.33. The van der Waals surface area contributed by atoms with Gasteiger partial charge in [0.1, 0.15) is 6.17 Å². The summed E-state index contributed by atoms with van der Waals surface area (Å²) in [4.78, 5) is 0. The second kappa shape index (κ2) is 2.65. The first-order valence-electron chi connectivity index (χ1n) is 3.57. The van der Waals surface area contributed by atoms with Crippen LogP contribution in [0, 0.1) is 5.92 Å². The molecule has 9 heavy (non-hydrogen) atoms. The van der Waals surface area contributed by atoms with Crippen LogP contribution in [0.4, 0.5) is 4.39 Å². The quantitative estimate of drug-likeness (QED) is 0.596. The molecular formula is C7H14FN. The second-order valence-electron chi connectivity index (χ2n) is 3.16. The number of hydrogen-bond donors (Lipinski definition) is 1. The maximum atomic E-state index is 12.5. The summed E-state index contributed by atoms with van der Waals surface area (Å²) in [5.41, 5.74) is 0. The Bertz CT molecular complexity index is 92.9. The topological polar surface area (TPSA) is 12.0 Å². The lowest BCUT2D eigenvalue weighted by atomic mass is 9.95. The third kappa shape index (κ3) is 1.65. The van der Waals surface area contributed by atoms with E-state index in [2.05, 4.69) is 19.2 Å². The van der Waals surface area contributed by atoms with Gasteiger partial charge in [-0.3, -0.25) is 0 Å². The molecule has 2 atom stereocenters. The largest absolute Gasteiger partial charge is 0.308 e. The van der Waals surface area contributed by atoms with E-state index in [1.165, 1.54) is 0 Å². The molecule has 54 valence electrons. The Hall–Kier alpha value is -0.110. The van der Waals surface area contributed by atoms with Gasteiger partial charge in [0.2, 0.25) is 0 Å². The van der Waals surface area contributed by atoms with Crippen molar-refractivity contribution in [2.24, 2.45) is 5.92 Å². The van der Waals surface area contributed by atoms with Crippen molar-refractivity contribution in [3.05, 3.63) is 0 Å². The van der Waals surface area contributed by atoms with Crippen molar-refractivity contribution in [1.29, 1.82) is 0 Å². The lowest BCUT2D eigenvalue weighted by molar-refractivity contribution is 0.139. The fraction of sp³-hybridized carbons (Fsp3) is 1.00. The Morgan fingerprint density at radius 3 is 2.44 bits per heavy atom. The monoisotopic (exact) mass is 131 g/mol. The third-order valence-electron chi connectivity index (χ3n) is 1.74. The minimum atomic E-state index is -0.576. The third-order valence-corrected chi connectivity index (χ3v) is 1.74. The standard InChI is InChI=1S/C7H14FN/c1-5(2)3-7-6(8)4-9-7/h5-7,9H,3-4H2,1-2H3. The molecule has 2 unspecified atom stereocenters. The predicted octanol–water partition coefficient (Wildman–Crippen LogP) is 1.34. The van der Waals surface area contributed by atoms with E-state index in [9.17, 15) is 4.39 Å². The van der Waals surface area contributed by atoms with Crippen LogP contribution in [0.2, 0.25) is 0 Å². The molecule has 1 nitrogen and oxygen atoms in total. The molecule has 0 aliphatic carbocycles. The molecule has 2 heteroatoms. The molecule has 0 radical (unpaired) electrons. The van der Waals surface area contributed by atoms with Gasteiger partial charge >= 0.3 is 0 Å². The van der Waals surface area contributed by atoms with Crippen molar-refractivity contribution in [2.75, 3.05) is 6.54 Å². The first-order chi connectivity index (χ1) is 4.20. The molecule has 1 rings (SSSR count). The second-order valence-corrected chi connectivity index (χ2v) is 3.16. The normalized spacial score (nSPS) is 34.7. The first-order valence-corrected chi connectivity index (χ1v) is 3.57. The van der Waals surface area contributed by atoms with E-state index >= 15 is 0 Å². The van der Waals surface area contributed by atoms with Crippen LogP contribution < -0.4 is 5.32 Å². The summed E-state index contributed by atoms with van der Waals surface area (Å²) < 4.78 is 12.5. The van der Waals surface area contributed by atoms with E-state index in [1.807, 2.05) is 0 Å². The highest BCUT2D eigenvalue weighted by molar-refractivity contribution is 4.88. The van der Waals surface area contributed by atoms with E-state index < -0.39 is 6.17 Å². The Balaban J connectivity index is 2.13. The van der Waals surface area contributed by atoms with Crippen LogP contribution in [0.3, 0.4) is 0 Å². The van der Waals surface area contributed by atoms with Crippen molar-refractivity contribution in [3.8, 4) is 0 Å². The summed E-state index contributed by atoms with van der Waals surface area (Å²) in [6, 6.07) is 0.157. The van der Waals surface area contributed by atoms with Crippen LogP contribution in [0.1, 0.15) is 20.3 Å². The summed E-state index contributed by atoms with van der Waals surface area (Å²) in [6.45, 7) is 4.80. The van der Waals surface area contributed by atoms with E-state index in [0.717, 1.165) is 6.42 Å². The maximum absolute atomic E-state index is 12.5. The molecule has 1 N–H and O–H groups in total. The Morgan fingerprint density at radius 1 is 1.67 bits per heavy atom. The SMILES string of the molecule is CC(C)CC1NCC1F. The molecule has 0 aromatic rings. The molecule has 1 fully saturated rings. The van der Waals surface area contributed by atoms with E-state index in [1.54, 1.807) is 0 Å². The van der Waals surface area contributed by atoms with E-state index in [0.29, 0.717) is 12.5 Å². The summed E-state index contributed by atoms with van der Waals surface area (Å²) in [5.74, 6) is 0.612. The molecule has 0 amide bonds. The van der Waals surface area contributed by atoms with E-state index in [-0.39, 0.29) is 6.04 Å². The van der Waals surface area contributed by atoms with Gasteiger partial charge < -0.3 is 5.32 Å². The van der Waals surface area contributed by atoms with Gasteiger partial charge in [0.05, 0.1) is 0 Å². The van der Waals surface area contributed by atoms with Crippen LogP contribution in [0.15, 0.2) is 0 Å². The van der Waals surface area contributed by atoms with Crippen LogP contribution in [0.5, 0.6) is 0 Å². The van der Waals surface area contributed by atoms with Gasteiger partial charge in [-0.15, -0.1) is 0 Å². The van der Waals surface area contributed by atoms with Crippen LogP contribution in [-0.4, -0.2) is 18.8 Å². The van der Waals surface area contributed by atoms with Crippen molar-refractivity contribution in [2.45, 2.75) is 32.5 Å². The molecule has 0 spiro atoms. The average Bonchev–Trinajstić information content (AvgIpc) is 1.79. The van der Waals surface area contributed by atoms with Gasteiger partial charge in [0.15, 0.2) is 0 Å². The minimum absolute atomic E-state index is 0.157. The van der Waals surface area contributed by atoms with Gasteiger partial charge in [-0.1, -0.05) is 13.8 Å². The zero-order chi connectivity index (χ0) is 6.85. The molecule has 1 heterocycles. The molecule has 1 saturated heterocycles. The van der Waals surface area contributed by atoms with Crippen molar-refractivity contribution < 1.29 is 4.39 Å². The van der Waals surface area contributed by atoms with Gasteiger partial charge in [-0.2, -0.15) is 0 Å². The zero-order valence-electron chi connectivity index (χ0n) is 6.02. The first kappa shape index (κ1) is 7.00. The lowest BCUT2D eigenvalue weighted by Crippen LogP contribution is -2.55. The maximum Gasteiger partial charge on any atom is 0.128 e. The fourth-order valence-corrected chi connectivity index (χ4v) is 1.11. The smallest absolute Gasteiger partial charge is 0.128 e. The molecule has 1 aliphatic rings. The van der Waals surface area contributed by atoms with Gasteiger partial charge in [0.25, 0.3) is 0 Å². The highest BCUT2D eigenvalue weighted by atomic mass is 19.1. The minimum Gasteiger partial charge on any atom is -0.308 e. The van der Waals surface area contributed by atoms with Crippen LogP contribution in [-0.2, 0) is 0 Å². The highest BCUT2D eigenvalue weighted by Crippen LogP contribution is 2.16. The summed E-state index contributed by atoms with van der Waals surface area (Å²) in [6.07, 6.45) is 0.397. The van der Waals surface area contributed by atoms with Gasteiger partial charge in [-0.25, -0.2) is 4.39 Å². The van der Waals surface area contributed by atoms with Crippen molar-refractivity contribution >= 4 is 0 Å². The number of nitrogens with one attached hydrogen (secondary N) is 1. The number of halogens is 1. The van der Waals surface area contributed by atoms with Gasteiger partial charge in [0, 0.05) is 12.6 Å². The zero-order valence-corrected chi connectivity index (χ0v) is 6.02. The van der Waals surface area contributed by atoms with Gasteiger partial charge in [-0.05, 0) is 12.3 Å². The van der Waals surface area contributed by atoms with E-state index in [4.69, 9.17) is 0 Å². The number of alkyl halides is 1. The average molecular weight is 131 g/mol. The molecule has 0 saturated carbocycles. The summed E-state index contributed by atoms with van der Waals surface area (Å²) >= 11 is 0. The molecule has 0 bridgehead atoms. The summed E-state index contributed by atoms with van der Waals surface area (Å²) in [7, 11) is 0. The predicted molar refractivity (Wildman–Crippen MR) is 36.1 cm³/mol. The highest BCUT2D eigenvalue weighted by Gasteiger charge is 2.29. The summed E-state index contributed by atoms with van der Waals surface area (Å²) in [5, 5.41) is 3.05. The molecule has 0 aromatic carbocycles. The fourth-order valence-electron chi connectivity index (χ4n) is 1.11. The van der Waals surface area contributed by atoms with Crippen molar-refractivity contribution in [3.63, 3.8) is 0 Å². The molecule has 1 aliphatic heterocycles. The number of rotatable bonds is 2. The molecule has 0 aromatic heterocycles.